The van der Waals surface area contributed by atoms with Crippen LogP contribution in [0.4, 0.5) is 0 Å². The summed E-state index contributed by atoms with van der Waals surface area (Å²) in [6.07, 6.45) is 0.115. The fraction of sp³-hybridized carbons (Fsp3) is 1.00. The van der Waals surface area contributed by atoms with Gasteiger partial charge in [-0.1, -0.05) is 0 Å². The number of hydrogen-bond acceptors (Lipinski definition) is 4. The van der Waals surface area contributed by atoms with Gasteiger partial charge in [0, 0.05) is 0 Å². The van der Waals surface area contributed by atoms with Crippen molar-refractivity contribution in [1.29, 1.82) is 0 Å². The summed E-state index contributed by atoms with van der Waals surface area (Å²) in [6, 6.07) is 0. The van der Waals surface area contributed by atoms with Crippen LogP contribution in [0, 0.1) is 0 Å². The molecule has 0 spiro atoms. The third-order valence-electron chi connectivity index (χ3n) is 1.64. The summed E-state index contributed by atoms with van der Waals surface area (Å²) < 4.78 is 16.9. The average molecular weight is 240 g/mol. The highest BCUT2D eigenvalue weighted by molar-refractivity contribution is 8.08. The molecule has 78 valence electrons. The fourth-order valence-electron chi connectivity index (χ4n) is 0.982. The van der Waals surface area contributed by atoms with Gasteiger partial charge in [0.25, 0.3) is 0 Å². The Kier molecular flexibility index (Phi) is 3.38. The van der Waals surface area contributed by atoms with Crippen LogP contribution in [0.15, 0.2) is 0 Å². The molecule has 3 nitrogen and oxygen atoms in total. The summed E-state index contributed by atoms with van der Waals surface area (Å²) in [6.45, 7) is 7.77. The minimum Gasteiger partial charge on any atom is -0.351 e. The fourth-order valence-corrected chi connectivity index (χ4v) is 8.04. The Balaban J connectivity index is 2.65. The Morgan fingerprint density at radius 1 is 1.15 bits per heavy atom. The highest BCUT2D eigenvalue weighted by Gasteiger charge is 2.40. The second-order valence-corrected chi connectivity index (χ2v) is 11.9. The second-order valence-electron chi connectivity index (χ2n) is 4.27. The molecule has 3 atom stereocenters. The average Bonchev–Trinajstić information content (AvgIpc) is 2.00. The molecule has 0 aliphatic carbocycles. The monoisotopic (exact) mass is 240 g/mol. The molecule has 0 aromatic rings. The van der Waals surface area contributed by atoms with Crippen LogP contribution in [0.2, 0.25) is 19.6 Å². The smallest absolute Gasteiger partial charge is 0.317 e. The van der Waals surface area contributed by atoms with Crippen molar-refractivity contribution in [3.8, 4) is 0 Å². The third kappa shape index (κ3) is 3.42. The lowest BCUT2D eigenvalue weighted by molar-refractivity contribution is 0.187. The largest absolute Gasteiger partial charge is 0.351 e. The van der Waals surface area contributed by atoms with E-state index < -0.39 is 15.0 Å². The molecule has 0 amide bonds. The minimum absolute atomic E-state index is 0.0576. The molecular weight excluding hydrogens is 223 g/mol. The van der Waals surface area contributed by atoms with E-state index in [0.717, 1.165) is 0 Å². The van der Waals surface area contributed by atoms with Gasteiger partial charge in [0.1, 0.15) is 0 Å². The van der Waals surface area contributed by atoms with Crippen LogP contribution in [-0.2, 0) is 25.1 Å². The summed E-state index contributed by atoms with van der Waals surface area (Å²) in [5, 5.41) is 0. The molecule has 0 saturated carbocycles. The molecule has 1 fully saturated rings. The Morgan fingerprint density at radius 3 is 1.85 bits per heavy atom. The maximum Gasteiger partial charge on any atom is 0.317 e. The molecule has 1 heterocycles. The molecule has 6 heteroatoms. The van der Waals surface area contributed by atoms with Gasteiger partial charge >= 0.3 is 6.72 Å². The van der Waals surface area contributed by atoms with Crippen molar-refractivity contribution < 1.29 is 13.3 Å². The summed E-state index contributed by atoms with van der Waals surface area (Å²) in [7, 11) is -1.66. The predicted molar refractivity (Wildman–Crippen MR) is 59.8 cm³/mol. The number of hydrogen-bond donors (Lipinski definition) is 0. The van der Waals surface area contributed by atoms with E-state index in [-0.39, 0.29) is 12.2 Å². The van der Waals surface area contributed by atoms with Crippen LogP contribution < -0.4 is 0 Å². The molecule has 1 rings (SSSR count). The molecule has 1 unspecified atom stereocenters. The topological polar surface area (TPSA) is 27.7 Å². The molecule has 0 radical (unpaired) electrons. The highest BCUT2D eigenvalue weighted by Crippen LogP contribution is 2.59. The zero-order valence-corrected chi connectivity index (χ0v) is 11.4. The molecule has 13 heavy (non-hydrogen) atoms. The van der Waals surface area contributed by atoms with Gasteiger partial charge in [-0.2, -0.15) is 0 Å². The van der Waals surface area contributed by atoms with Crippen molar-refractivity contribution in [1.82, 2.24) is 0 Å². The zero-order chi connectivity index (χ0) is 10.3. The Hall–Kier alpha value is 0.747. The van der Waals surface area contributed by atoms with Gasteiger partial charge in [-0.15, -0.1) is 0 Å². The van der Waals surface area contributed by atoms with Crippen molar-refractivity contribution in [2.24, 2.45) is 0 Å². The minimum atomic E-state index is -2.41. The molecule has 0 bridgehead atoms. The van der Waals surface area contributed by atoms with Crippen molar-refractivity contribution in [2.75, 3.05) is 0 Å². The molecular formula is C7H17O3PSSi. The van der Waals surface area contributed by atoms with Crippen molar-refractivity contribution in [3.05, 3.63) is 0 Å². The van der Waals surface area contributed by atoms with Gasteiger partial charge in [0.15, 0.2) is 8.32 Å². The Labute approximate surface area is 86.1 Å². The van der Waals surface area contributed by atoms with Gasteiger partial charge < -0.3 is 13.3 Å². The highest BCUT2D eigenvalue weighted by atomic mass is 32.5. The Morgan fingerprint density at radius 2 is 1.54 bits per heavy atom. The molecule has 1 aliphatic rings. The summed E-state index contributed by atoms with van der Waals surface area (Å²) in [5.41, 5.74) is 0. The van der Waals surface area contributed by atoms with E-state index in [1.54, 1.807) is 0 Å². The maximum absolute atomic E-state index is 5.75. The van der Waals surface area contributed by atoms with Crippen molar-refractivity contribution in [3.63, 3.8) is 0 Å². The van der Waals surface area contributed by atoms with Gasteiger partial charge in [-0.05, 0) is 45.3 Å². The van der Waals surface area contributed by atoms with Gasteiger partial charge in [0.05, 0.1) is 12.2 Å². The van der Waals surface area contributed by atoms with E-state index in [1.165, 1.54) is 0 Å². The summed E-state index contributed by atoms with van der Waals surface area (Å²) in [5.74, 6) is 0. The van der Waals surface area contributed by atoms with Crippen LogP contribution >= 0.6 is 6.72 Å². The van der Waals surface area contributed by atoms with Crippen molar-refractivity contribution >= 4 is 26.8 Å². The van der Waals surface area contributed by atoms with E-state index in [2.05, 4.69) is 19.6 Å². The standard InChI is InChI=1S/C7H17O3PSSi/c1-6-7(2)9-11(12,8-6)10-13(3,4)5/h6-7H,1-5H3/t6-,7+,11?. The second kappa shape index (κ2) is 3.72. The zero-order valence-electron chi connectivity index (χ0n) is 8.73. The first-order valence-corrected chi connectivity index (χ1v) is 10.4. The SMILES string of the molecule is C[C@@H]1OP(=S)(O[Si](C)(C)C)O[C@@H]1C. The van der Waals surface area contributed by atoms with Crippen LogP contribution in [0.1, 0.15) is 13.8 Å². The van der Waals surface area contributed by atoms with E-state index in [9.17, 15) is 0 Å². The Bertz CT molecular complexity index is 226. The summed E-state index contributed by atoms with van der Waals surface area (Å²) in [4.78, 5) is 0. The lowest BCUT2D eigenvalue weighted by atomic mass is 10.3. The quantitative estimate of drug-likeness (QED) is 0.548. The molecule has 0 aromatic heterocycles. The van der Waals surface area contributed by atoms with Gasteiger partial charge in [-0.25, -0.2) is 0 Å². The first-order chi connectivity index (χ1) is 5.72. The van der Waals surface area contributed by atoms with E-state index in [4.69, 9.17) is 25.1 Å². The number of rotatable bonds is 2. The third-order valence-corrected chi connectivity index (χ3v) is 7.09. The molecule has 1 aliphatic heterocycles. The van der Waals surface area contributed by atoms with E-state index >= 15 is 0 Å². The van der Waals surface area contributed by atoms with Crippen molar-refractivity contribution in [2.45, 2.75) is 45.7 Å². The lowest BCUT2D eigenvalue weighted by Gasteiger charge is -2.23. The first kappa shape index (κ1) is 11.8. The normalized spacial score (nSPS) is 41.0. The molecule has 0 N–H and O–H groups in total. The molecule has 1 saturated heterocycles. The summed E-state index contributed by atoms with van der Waals surface area (Å²) >= 11 is 5.25. The van der Waals surface area contributed by atoms with Crippen LogP contribution in [-0.4, -0.2) is 20.5 Å². The van der Waals surface area contributed by atoms with E-state index in [0.29, 0.717) is 0 Å². The van der Waals surface area contributed by atoms with Gasteiger partial charge in [-0.3, -0.25) is 0 Å². The van der Waals surface area contributed by atoms with Crippen LogP contribution in [0.3, 0.4) is 0 Å². The molecule has 0 aromatic carbocycles. The lowest BCUT2D eigenvalue weighted by Crippen LogP contribution is -2.23. The van der Waals surface area contributed by atoms with Crippen LogP contribution in [0.5, 0.6) is 0 Å². The predicted octanol–water partition coefficient (Wildman–Crippen LogP) is 2.89. The van der Waals surface area contributed by atoms with Gasteiger partial charge in [0.2, 0.25) is 0 Å². The maximum atomic E-state index is 5.75. The van der Waals surface area contributed by atoms with Crippen LogP contribution in [0.25, 0.3) is 0 Å². The van der Waals surface area contributed by atoms with E-state index in [1.807, 2.05) is 13.8 Å². The first-order valence-electron chi connectivity index (χ1n) is 4.39.